The van der Waals surface area contributed by atoms with Gasteiger partial charge in [-0.1, -0.05) is 12.1 Å². The Bertz CT molecular complexity index is 1440. The number of alkyl halides is 3. The first-order valence-corrected chi connectivity index (χ1v) is 10.2. The number of halogens is 3. The average molecular weight is 476 g/mol. The summed E-state index contributed by atoms with van der Waals surface area (Å²) in [4.78, 5) is 55.4. The highest BCUT2D eigenvalue weighted by atomic mass is 19.4. The Balaban J connectivity index is 1.79. The van der Waals surface area contributed by atoms with E-state index in [4.69, 9.17) is 4.74 Å². The van der Waals surface area contributed by atoms with Crippen LogP contribution >= 0.6 is 0 Å². The summed E-state index contributed by atoms with van der Waals surface area (Å²) in [6, 6.07) is 5.75. The molecule has 2 heterocycles. The number of aromatic nitrogens is 3. The molecular formula is C22H19F3N4O5. The summed E-state index contributed by atoms with van der Waals surface area (Å²) in [5, 5.41) is 1.87. The number of hydrogen-bond acceptors (Lipinski definition) is 6. The number of hydrogen-bond donors (Lipinski definition) is 1. The SMILES string of the molecule is COC(=O)c1cc(C2CC2)nc2c1c(=O)n(CC(=O)Nc1ccccc1C(F)(F)F)c(=O)n2C. The number of carbonyl (C=O) groups is 2. The van der Waals surface area contributed by atoms with E-state index >= 15 is 0 Å². The maximum Gasteiger partial charge on any atom is 0.418 e. The minimum atomic E-state index is -4.72. The molecule has 1 aliphatic carbocycles. The van der Waals surface area contributed by atoms with E-state index in [0.29, 0.717) is 10.3 Å². The number of fused-ring (bicyclic) bond motifs is 1. The molecule has 0 atom stereocenters. The molecule has 1 N–H and O–H groups in total. The number of pyridine rings is 1. The van der Waals surface area contributed by atoms with Crippen LogP contribution in [0.5, 0.6) is 0 Å². The van der Waals surface area contributed by atoms with E-state index in [0.717, 1.165) is 36.7 Å². The van der Waals surface area contributed by atoms with Crippen molar-refractivity contribution in [2.75, 3.05) is 12.4 Å². The Kier molecular flexibility index (Phi) is 5.75. The van der Waals surface area contributed by atoms with E-state index in [1.54, 1.807) is 0 Å². The molecule has 0 radical (unpaired) electrons. The van der Waals surface area contributed by atoms with Crippen LogP contribution in [0.1, 0.15) is 40.4 Å². The zero-order chi connectivity index (χ0) is 24.8. The van der Waals surface area contributed by atoms with Crippen molar-refractivity contribution in [3.8, 4) is 0 Å². The topological polar surface area (TPSA) is 112 Å². The van der Waals surface area contributed by atoms with E-state index in [1.165, 1.54) is 25.2 Å². The molecule has 3 aromatic rings. The smallest absolute Gasteiger partial charge is 0.418 e. The molecule has 0 bridgehead atoms. The van der Waals surface area contributed by atoms with Crippen LogP contribution in [-0.4, -0.2) is 33.1 Å². The van der Waals surface area contributed by atoms with Gasteiger partial charge in [0.1, 0.15) is 12.2 Å². The number of benzene rings is 1. The van der Waals surface area contributed by atoms with Crippen LogP contribution in [0.3, 0.4) is 0 Å². The summed E-state index contributed by atoms with van der Waals surface area (Å²) in [5.41, 5.74) is -3.09. The van der Waals surface area contributed by atoms with Gasteiger partial charge in [-0.15, -0.1) is 0 Å². The Hall–Kier alpha value is -3.96. The van der Waals surface area contributed by atoms with Crippen LogP contribution in [0, 0.1) is 0 Å². The molecule has 4 rings (SSSR count). The number of rotatable bonds is 5. The minimum absolute atomic E-state index is 0.0427. The Morgan fingerprint density at radius 1 is 1.21 bits per heavy atom. The molecule has 0 unspecified atom stereocenters. The zero-order valence-electron chi connectivity index (χ0n) is 18.1. The van der Waals surface area contributed by atoms with Gasteiger partial charge in [0, 0.05) is 18.7 Å². The average Bonchev–Trinajstić information content (AvgIpc) is 3.64. The Morgan fingerprint density at radius 2 is 1.88 bits per heavy atom. The molecule has 1 aromatic carbocycles. The molecule has 1 saturated carbocycles. The number of carbonyl (C=O) groups excluding carboxylic acids is 2. The van der Waals surface area contributed by atoms with Crippen molar-refractivity contribution in [3.05, 3.63) is 68.0 Å². The van der Waals surface area contributed by atoms with E-state index in [2.05, 4.69) is 10.3 Å². The van der Waals surface area contributed by atoms with Gasteiger partial charge in [-0.2, -0.15) is 13.2 Å². The summed E-state index contributed by atoms with van der Waals surface area (Å²) in [7, 11) is 2.46. The first-order chi connectivity index (χ1) is 16.0. The lowest BCUT2D eigenvalue weighted by Crippen LogP contribution is -2.42. The molecule has 12 heteroatoms. The van der Waals surface area contributed by atoms with Gasteiger partial charge in [0.05, 0.1) is 29.3 Å². The lowest BCUT2D eigenvalue weighted by Gasteiger charge is -2.15. The number of nitrogens with zero attached hydrogens (tertiary/aromatic N) is 3. The summed E-state index contributed by atoms with van der Waals surface area (Å²) in [6.07, 6.45) is -3.02. The monoisotopic (exact) mass is 476 g/mol. The number of esters is 1. The zero-order valence-corrected chi connectivity index (χ0v) is 18.1. The van der Waals surface area contributed by atoms with Crippen molar-refractivity contribution in [2.24, 2.45) is 7.05 Å². The van der Waals surface area contributed by atoms with Gasteiger partial charge < -0.3 is 10.1 Å². The third-order valence-electron chi connectivity index (χ3n) is 5.52. The van der Waals surface area contributed by atoms with E-state index in [-0.39, 0.29) is 22.5 Å². The van der Waals surface area contributed by atoms with E-state index in [9.17, 15) is 32.3 Å². The van der Waals surface area contributed by atoms with Gasteiger partial charge in [0.25, 0.3) is 5.56 Å². The maximum atomic E-state index is 13.2. The number of nitrogens with one attached hydrogen (secondary N) is 1. The van der Waals surface area contributed by atoms with Gasteiger partial charge >= 0.3 is 17.8 Å². The second kappa shape index (κ2) is 8.43. The van der Waals surface area contributed by atoms with Crippen LogP contribution in [0.25, 0.3) is 11.0 Å². The van der Waals surface area contributed by atoms with Crippen LogP contribution in [0.4, 0.5) is 18.9 Å². The number of anilines is 1. The third-order valence-corrected chi connectivity index (χ3v) is 5.52. The molecular weight excluding hydrogens is 457 g/mol. The predicted molar refractivity (Wildman–Crippen MR) is 115 cm³/mol. The van der Waals surface area contributed by atoms with Crippen molar-refractivity contribution in [1.82, 2.24) is 14.1 Å². The van der Waals surface area contributed by atoms with Crippen molar-refractivity contribution >= 4 is 28.6 Å². The fourth-order valence-corrected chi connectivity index (χ4v) is 3.67. The largest absolute Gasteiger partial charge is 0.465 e. The molecule has 1 fully saturated rings. The second-order valence-electron chi connectivity index (χ2n) is 7.88. The number of amides is 1. The van der Waals surface area contributed by atoms with Crippen molar-refractivity contribution in [1.29, 1.82) is 0 Å². The molecule has 9 nitrogen and oxygen atoms in total. The van der Waals surface area contributed by atoms with Gasteiger partial charge in [-0.25, -0.2) is 14.6 Å². The first-order valence-electron chi connectivity index (χ1n) is 10.2. The predicted octanol–water partition coefficient (Wildman–Crippen LogP) is 2.42. The van der Waals surface area contributed by atoms with Crippen molar-refractivity contribution < 1.29 is 27.5 Å². The van der Waals surface area contributed by atoms with Crippen LogP contribution in [-0.2, 0) is 29.3 Å². The summed E-state index contributed by atoms with van der Waals surface area (Å²) < 4.78 is 46.0. The van der Waals surface area contributed by atoms with Gasteiger partial charge in [0.2, 0.25) is 5.91 Å². The Labute approximate surface area is 189 Å². The fourth-order valence-electron chi connectivity index (χ4n) is 3.67. The van der Waals surface area contributed by atoms with E-state index < -0.39 is 47.1 Å². The molecule has 0 saturated heterocycles. The van der Waals surface area contributed by atoms with E-state index in [1.807, 2.05) is 0 Å². The van der Waals surface area contributed by atoms with Crippen LogP contribution in [0.15, 0.2) is 39.9 Å². The summed E-state index contributed by atoms with van der Waals surface area (Å²) in [5.74, 6) is -1.75. The minimum Gasteiger partial charge on any atom is -0.465 e. The highest BCUT2D eigenvalue weighted by Gasteiger charge is 2.34. The quantitative estimate of drug-likeness (QED) is 0.566. The number of aryl methyl sites for hydroxylation is 1. The normalized spacial score (nSPS) is 13.7. The highest BCUT2D eigenvalue weighted by molar-refractivity contribution is 6.02. The molecule has 178 valence electrons. The fraction of sp³-hybridized carbons (Fsp3) is 0.318. The van der Waals surface area contributed by atoms with Gasteiger partial charge in [0.15, 0.2) is 0 Å². The lowest BCUT2D eigenvalue weighted by molar-refractivity contribution is -0.137. The summed E-state index contributed by atoms with van der Waals surface area (Å²) in [6.45, 7) is -0.876. The molecule has 34 heavy (non-hydrogen) atoms. The highest BCUT2D eigenvalue weighted by Crippen LogP contribution is 2.40. The second-order valence-corrected chi connectivity index (χ2v) is 7.88. The third kappa shape index (κ3) is 4.18. The number of ether oxygens (including phenoxy) is 1. The van der Waals surface area contributed by atoms with Crippen molar-refractivity contribution in [2.45, 2.75) is 31.5 Å². The molecule has 2 aromatic heterocycles. The number of para-hydroxylation sites is 1. The maximum absolute atomic E-state index is 13.2. The number of methoxy groups -OCH3 is 1. The molecule has 0 aliphatic heterocycles. The lowest BCUT2D eigenvalue weighted by atomic mass is 10.1. The Morgan fingerprint density at radius 3 is 2.50 bits per heavy atom. The van der Waals surface area contributed by atoms with Crippen LogP contribution < -0.4 is 16.6 Å². The van der Waals surface area contributed by atoms with Gasteiger partial charge in [-0.05, 0) is 31.0 Å². The molecule has 0 spiro atoms. The van der Waals surface area contributed by atoms with Gasteiger partial charge in [-0.3, -0.25) is 18.7 Å². The summed E-state index contributed by atoms with van der Waals surface area (Å²) >= 11 is 0. The van der Waals surface area contributed by atoms with Crippen molar-refractivity contribution in [3.63, 3.8) is 0 Å². The standard InChI is InChI=1S/C22H19F3N4O5/c1-28-18-17(12(20(32)34-2)9-15(27-18)11-7-8-11)19(31)29(21(28)33)10-16(30)26-14-6-4-3-5-13(14)22(23,24)25/h3-6,9,11H,7-8,10H2,1-2H3,(H,26,30). The molecule has 1 amide bonds. The molecule has 1 aliphatic rings. The first kappa shape index (κ1) is 23.2. The van der Waals surface area contributed by atoms with Crippen LogP contribution in [0.2, 0.25) is 0 Å².